The average Bonchev–Trinajstić information content (AvgIpc) is 3.10. The van der Waals surface area contributed by atoms with Crippen molar-refractivity contribution in [3.8, 4) is 11.8 Å². The molecule has 9 heteroatoms. The molecule has 0 aliphatic carbocycles. The van der Waals surface area contributed by atoms with Gasteiger partial charge in [0.25, 0.3) is 0 Å². The zero-order valence-electron chi connectivity index (χ0n) is 17.6. The Bertz CT molecular complexity index is 1090. The van der Waals surface area contributed by atoms with E-state index in [1.54, 1.807) is 0 Å². The molecule has 2 aliphatic rings. The molecule has 3 N–H and O–H groups in total. The van der Waals surface area contributed by atoms with Gasteiger partial charge in [-0.05, 0) is 0 Å². The summed E-state index contributed by atoms with van der Waals surface area (Å²) in [6.45, 7) is 9.42. The number of anilines is 1. The number of halogens is 3. The topological polar surface area (TPSA) is 80.0 Å². The van der Waals surface area contributed by atoms with Gasteiger partial charge in [0.2, 0.25) is 0 Å². The molecular weight excluding hydrogens is 591 g/mol. The van der Waals surface area contributed by atoms with E-state index in [2.05, 4.69) is 65.9 Å². The van der Waals surface area contributed by atoms with Gasteiger partial charge >= 0.3 is 205 Å². The van der Waals surface area contributed by atoms with E-state index in [9.17, 15) is 0 Å². The second-order valence-corrected chi connectivity index (χ2v) is 13.4. The van der Waals surface area contributed by atoms with Gasteiger partial charge in [0.05, 0.1) is 0 Å². The van der Waals surface area contributed by atoms with E-state index in [0.29, 0.717) is 5.15 Å². The summed E-state index contributed by atoms with van der Waals surface area (Å²) in [5, 5.41) is 3.78. The molecule has 164 valence electrons. The standard InChI is InChI=1S/C22H25BrClIN6/c1-14-13-28-17(15(2)19(14)23)12-25-11-16(18-20(24)29-22(26)30-21(18)25)5-3-4-8-31-9-6-27-7-10-31/h11,13,27H,4,6-10,12H2,1-2H3,(H2,26,29,30). The number of fused-ring (bicyclic) bond motifs is 1. The quantitative estimate of drug-likeness (QED) is 0.234. The normalized spacial score (nSPS) is 17.2. The predicted octanol–water partition coefficient (Wildman–Crippen LogP) is 4.02. The Kier molecular flexibility index (Phi) is 7.49. The van der Waals surface area contributed by atoms with Crippen LogP contribution in [0.5, 0.6) is 0 Å². The number of aromatic nitrogens is 3. The molecule has 0 bridgehead atoms. The molecule has 0 unspecified atom stereocenters. The third-order valence-electron chi connectivity index (χ3n) is 5.36. The number of alkyl halides is 1. The fraction of sp³-hybridized carbons (Fsp3) is 0.409. The first kappa shape index (κ1) is 22.9. The van der Waals surface area contributed by atoms with Crippen LogP contribution in [-0.4, -0.2) is 52.6 Å². The summed E-state index contributed by atoms with van der Waals surface area (Å²) in [5.41, 5.74) is 11.2. The number of aryl methyl sites for hydroxylation is 1. The van der Waals surface area contributed by atoms with Crippen molar-refractivity contribution in [2.45, 2.75) is 24.7 Å². The number of nitrogens with zero attached hydrogens (tertiary/aromatic N) is 4. The summed E-state index contributed by atoms with van der Waals surface area (Å²) in [4.78, 5) is 15.9. The Morgan fingerprint density at radius 1 is 1.29 bits per heavy atom. The number of nitrogens with one attached hydrogen (secondary N) is 1. The molecule has 0 aromatic carbocycles. The van der Waals surface area contributed by atoms with Crippen LogP contribution in [-0.2, 0) is 4.43 Å². The van der Waals surface area contributed by atoms with Crippen molar-refractivity contribution in [2.75, 3.05) is 38.5 Å². The van der Waals surface area contributed by atoms with Gasteiger partial charge in [-0.3, -0.25) is 0 Å². The molecule has 6 nitrogen and oxygen atoms in total. The second kappa shape index (κ2) is 10.1. The predicted molar refractivity (Wildman–Crippen MR) is 139 cm³/mol. The molecule has 2 aromatic heterocycles. The minimum atomic E-state index is -1.86. The van der Waals surface area contributed by atoms with Gasteiger partial charge in [-0.15, -0.1) is 0 Å². The Balaban J connectivity index is 1.58. The van der Waals surface area contributed by atoms with Crippen LogP contribution in [0, 0.1) is 29.4 Å². The summed E-state index contributed by atoms with van der Waals surface area (Å²) in [7, 11) is 0. The first-order valence-corrected chi connectivity index (χ1v) is 15.2. The summed E-state index contributed by atoms with van der Waals surface area (Å²) < 4.78 is 5.26. The first-order valence-electron chi connectivity index (χ1n) is 10.2. The monoisotopic (exact) mass is 614 g/mol. The number of allylic oxidation sites excluding steroid dienone is 1. The van der Waals surface area contributed by atoms with E-state index < -0.39 is 19.8 Å². The van der Waals surface area contributed by atoms with Crippen LogP contribution < -0.4 is 11.1 Å². The van der Waals surface area contributed by atoms with E-state index in [1.165, 1.54) is 5.56 Å². The number of hydrogen-bond donors (Lipinski definition) is 2. The molecule has 1 saturated heterocycles. The molecule has 0 saturated carbocycles. The van der Waals surface area contributed by atoms with Crippen LogP contribution in [0.15, 0.2) is 14.8 Å². The summed E-state index contributed by atoms with van der Waals surface area (Å²) in [6, 6.07) is 0. The van der Waals surface area contributed by atoms with Crippen LogP contribution in [0.4, 0.5) is 5.95 Å². The average molecular weight is 616 g/mol. The van der Waals surface area contributed by atoms with E-state index in [4.69, 9.17) is 22.3 Å². The molecule has 0 atom stereocenters. The van der Waals surface area contributed by atoms with Crippen molar-refractivity contribution >= 4 is 58.9 Å². The van der Waals surface area contributed by atoms with Crippen LogP contribution in [0.25, 0.3) is 5.57 Å². The maximum atomic E-state index is 6.50. The van der Waals surface area contributed by atoms with Crippen molar-refractivity contribution in [1.82, 2.24) is 25.2 Å². The first-order chi connectivity index (χ1) is 14.9. The number of pyridine rings is 1. The Morgan fingerprint density at radius 2 is 2.06 bits per heavy atom. The molecule has 2 aliphatic heterocycles. The molecular formula is C22H25BrClIN6. The molecule has 1 fully saturated rings. The van der Waals surface area contributed by atoms with Crippen molar-refractivity contribution < 1.29 is 0 Å². The number of hydrogen-bond acceptors (Lipinski definition) is 6. The fourth-order valence-corrected chi connectivity index (χ4v) is 9.79. The number of nitrogens with two attached hydrogens (primary N) is 1. The van der Waals surface area contributed by atoms with Crippen LogP contribution >= 0.6 is 47.4 Å². The Morgan fingerprint density at radius 3 is 2.84 bits per heavy atom. The molecule has 0 amide bonds. The van der Waals surface area contributed by atoms with Gasteiger partial charge in [-0.25, -0.2) is 0 Å². The molecule has 31 heavy (non-hydrogen) atoms. The van der Waals surface area contributed by atoms with Crippen LogP contribution in [0.1, 0.15) is 28.8 Å². The van der Waals surface area contributed by atoms with Gasteiger partial charge in [0, 0.05) is 0 Å². The Labute approximate surface area is 204 Å². The van der Waals surface area contributed by atoms with Crippen molar-refractivity contribution in [3.05, 3.63) is 46.0 Å². The third kappa shape index (κ3) is 5.22. The molecule has 0 spiro atoms. The second-order valence-electron chi connectivity index (χ2n) is 7.56. The summed E-state index contributed by atoms with van der Waals surface area (Å²) in [6.07, 6.45) is 2.75. The summed E-state index contributed by atoms with van der Waals surface area (Å²) >= 11 is 8.33. The fourth-order valence-electron chi connectivity index (χ4n) is 3.58. The van der Waals surface area contributed by atoms with Crippen LogP contribution in [0.3, 0.4) is 0 Å². The van der Waals surface area contributed by atoms with E-state index in [0.717, 1.165) is 74.1 Å². The molecule has 4 heterocycles. The van der Waals surface area contributed by atoms with E-state index >= 15 is 0 Å². The Hall–Kier alpha value is -1.25. The van der Waals surface area contributed by atoms with Gasteiger partial charge in [-0.1, -0.05) is 0 Å². The molecule has 2 aromatic rings. The van der Waals surface area contributed by atoms with Crippen molar-refractivity contribution in [3.63, 3.8) is 0 Å². The SMILES string of the molecule is Cc1cnc(CI2C=C(C#CCCN3CCNCC3)c3c(Cl)nc(N)nc32)c(C)c1Br. The van der Waals surface area contributed by atoms with Gasteiger partial charge < -0.3 is 0 Å². The minimum absolute atomic E-state index is 0.224. The molecule has 4 rings (SSSR count). The third-order valence-corrected chi connectivity index (χ3v) is 11.9. The number of nitrogen functional groups attached to an aromatic ring is 1. The zero-order valence-corrected chi connectivity index (χ0v) is 22.1. The zero-order chi connectivity index (χ0) is 22.0. The summed E-state index contributed by atoms with van der Waals surface area (Å²) in [5.74, 6) is 6.93. The van der Waals surface area contributed by atoms with Gasteiger partial charge in [0.1, 0.15) is 0 Å². The van der Waals surface area contributed by atoms with E-state index in [1.807, 2.05) is 6.20 Å². The van der Waals surface area contributed by atoms with Crippen LogP contribution in [0.2, 0.25) is 5.15 Å². The van der Waals surface area contributed by atoms with Gasteiger partial charge in [0.15, 0.2) is 0 Å². The number of rotatable bonds is 4. The molecule has 0 radical (unpaired) electrons. The number of piperazine rings is 1. The van der Waals surface area contributed by atoms with Gasteiger partial charge in [-0.2, -0.15) is 0 Å². The van der Waals surface area contributed by atoms with Crippen molar-refractivity contribution in [2.24, 2.45) is 0 Å². The van der Waals surface area contributed by atoms with Crippen molar-refractivity contribution in [1.29, 1.82) is 0 Å². The maximum absolute atomic E-state index is 6.50. The van der Waals surface area contributed by atoms with E-state index in [-0.39, 0.29) is 5.95 Å².